The van der Waals surface area contributed by atoms with Gasteiger partial charge < -0.3 is 9.64 Å². The maximum atomic E-state index is 12.2. The van der Waals surface area contributed by atoms with Crippen molar-refractivity contribution >= 4 is 18.1 Å². The number of rotatable bonds is 4. The molecular formula is C15H12NO3. The van der Waals surface area contributed by atoms with Crippen LogP contribution in [0.2, 0.25) is 0 Å². The van der Waals surface area contributed by atoms with Gasteiger partial charge in [-0.1, -0.05) is 24.3 Å². The Morgan fingerprint density at radius 3 is 2.53 bits per heavy atom. The number of nitrogens with zero attached hydrogens (tertiary/aromatic N) is 1. The lowest BCUT2D eigenvalue weighted by Crippen LogP contribution is -2.26. The molecule has 1 amide bonds. The molecule has 2 aromatic carbocycles. The van der Waals surface area contributed by atoms with E-state index in [0.29, 0.717) is 17.0 Å². The van der Waals surface area contributed by atoms with Crippen molar-refractivity contribution in [2.45, 2.75) is 0 Å². The molecule has 0 atom stereocenters. The molecule has 2 aromatic rings. The Labute approximate surface area is 111 Å². The van der Waals surface area contributed by atoms with Gasteiger partial charge in [-0.25, -0.2) is 4.79 Å². The van der Waals surface area contributed by atoms with E-state index in [9.17, 15) is 9.59 Å². The number of carbonyl (C=O) groups is 1. The van der Waals surface area contributed by atoms with Gasteiger partial charge in [-0.3, -0.25) is 4.79 Å². The van der Waals surface area contributed by atoms with Crippen molar-refractivity contribution in [3.63, 3.8) is 0 Å². The van der Waals surface area contributed by atoms with Crippen LogP contribution in [0.3, 0.4) is 0 Å². The Kier molecular flexibility index (Phi) is 3.93. The molecule has 0 aromatic heterocycles. The van der Waals surface area contributed by atoms with Crippen molar-refractivity contribution in [2.24, 2.45) is 0 Å². The Morgan fingerprint density at radius 1 is 1.11 bits per heavy atom. The summed E-state index contributed by atoms with van der Waals surface area (Å²) in [7, 11) is 1.67. The average Bonchev–Trinajstić information content (AvgIpc) is 2.47. The van der Waals surface area contributed by atoms with E-state index in [4.69, 9.17) is 0 Å². The highest BCUT2D eigenvalue weighted by Crippen LogP contribution is 2.21. The monoisotopic (exact) mass is 254 g/mol. The summed E-state index contributed by atoms with van der Waals surface area (Å²) in [6, 6.07) is 15.7. The van der Waals surface area contributed by atoms with Crippen LogP contribution < -0.4 is 9.64 Å². The van der Waals surface area contributed by atoms with Gasteiger partial charge >= 0.3 is 6.47 Å². The molecule has 0 spiro atoms. The predicted molar refractivity (Wildman–Crippen MR) is 71.9 cm³/mol. The summed E-state index contributed by atoms with van der Waals surface area (Å²) in [5, 5.41) is 0. The van der Waals surface area contributed by atoms with Gasteiger partial charge in [0.1, 0.15) is 5.75 Å². The molecule has 1 radical (unpaired) electrons. The molecule has 0 aliphatic carbocycles. The minimum atomic E-state index is -0.132. The van der Waals surface area contributed by atoms with Crippen LogP contribution in [0, 0.1) is 0 Å². The highest BCUT2D eigenvalue weighted by Gasteiger charge is 2.13. The van der Waals surface area contributed by atoms with E-state index in [1.54, 1.807) is 43.4 Å². The van der Waals surface area contributed by atoms with Gasteiger partial charge in [-0.2, -0.15) is 0 Å². The third kappa shape index (κ3) is 2.98. The minimum Gasteiger partial charge on any atom is -0.418 e. The van der Waals surface area contributed by atoms with Crippen LogP contribution in [0.5, 0.6) is 5.75 Å². The van der Waals surface area contributed by atoms with Crippen LogP contribution in [0.15, 0.2) is 54.6 Å². The zero-order valence-electron chi connectivity index (χ0n) is 10.4. The van der Waals surface area contributed by atoms with Gasteiger partial charge in [0, 0.05) is 24.4 Å². The molecule has 2 rings (SSSR count). The fraction of sp³-hybridized carbons (Fsp3) is 0.0667. The first-order valence-electron chi connectivity index (χ1n) is 5.69. The molecule has 0 aliphatic heterocycles. The Morgan fingerprint density at radius 2 is 1.84 bits per heavy atom. The summed E-state index contributed by atoms with van der Waals surface area (Å²) in [5.41, 5.74) is 1.24. The highest BCUT2D eigenvalue weighted by atomic mass is 16.5. The molecule has 0 bridgehead atoms. The second-order valence-corrected chi connectivity index (χ2v) is 3.91. The summed E-state index contributed by atoms with van der Waals surface area (Å²) >= 11 is 0. The topological polar surface area (TPSA) is 46.6 Å². The van der Waals surface area contributed by atoms with E-state index in [0.717, 1.165) is 0 Å². The van der Waals surface area contributed by atoms with E-state index < -0.39 is 0 Å². The van der Waals surface area contributed by atoms with Gasteiger partial charge in [0.05, 0.1) is 0 Å². The lowest BCUT2D eigenvalue weighted by Gasteiger charge is -2.17. The van der Waals surface area contributed by atoms with Crippen LogP contribution in [0.1, 0.15) is 10.4 Å². The Balaban J connectivity index is 2.24. The molecule has 4 heteroatoms. The fourth-order valence-corrected chi connectivity index (χ4v) is 1.70. The molecule has 19 heavy (non-hydrogen) atoms. The highest BCUT2D eigenvalue weighted by molar-refractivity contribution is 6.05. The Hall–Kier alpha value is -2.62. The van der Waals surface area contributed by atoms with Crippen molar-refractivity contribution in [3.05, 3.63) is 60.2 Å². The number of amides is 1. The fourth-order valence-electron chi connectivity index (χ4n) is 1.70. The minimum absolute atomic E-state index is 0.132. The standard InChI is InChI=1S/C15H12NO3/c1-16(15(18)12-6-3-2-4-7-12)13-8-5-9-14(10-13)19-11-17/h2-10H,1H3. The largest absolute Gasteiger partial charge is 0.423 e. The van der Waals surface area contributed by atoms with Gasteiger partial charge in [-0.15, -0.1) is 0 Å². The first-order chi connectivity index (χ1) is 9.22. The first kappa shape index (κ1) is 12.8. The molecule has 0 fully saturated rings. The third-order valence-corrected chi connectivity index (χ3v) is 2.69. The van der Waals surface area contributed by atoms with Crippen LogP contribution in [0.25, 0.3) is 0 Å². The maximum Gasteiger partial charge on any atom is 0.423 e. The van der Waals surface area contributed by atoms with Crippen LogP contribution in [0.4, 0.5) is 5.69 Å². The summed E-state index contributed by atoms with van der Waals surface area (Å²) in [4.78, 5) is 23.9. The molecule has 0 saturated carbocycles. The zero-order valence-corrected chi connectivity index (χ0v) is 10.4. The van der Waals surface area contributed by atoms with Crippen LogP contribution in [-0.4, -0.2) is 19.4 Å². The number of ether oxygens (including phenoxy) is 1. The predicted octanol–water partition coefficient (Wildman–Crippen LogP) is 2.41. The van der Waals surface area contributed by atoms with E-state index >= 15 is 0 Å². The number of carbonyl (C=O) groups excluding carboxylic acids is 2. The van der Waals surface area contributed by atoms with Gasteiger partial charge in [0.15, 0.2) is 0 Å². The zero-order chi connectivity index (χ0) is 13.7. The second-order valence-electron chi connectivity index (χ2n) is 3.91. The van der Waals surface area contributed by atoms with Gasteiger partial charge in [0.25, 0.3) is 5.91 Å². The molecule has 95 valence electrons. The SMILES string of the molecule is CN(C(=O)c1ccccc1)c1cccc(O[C]=O)c1. The van der Waals surface area contributed by atoms with Crippen LogP contribution >= 0.6 is 0 Å². The van der Waals surface area contributed by atoms with E-state index in [2.05, 4.69) is 4.74 Å². The molecule has 0 aliphatic rings. The van der Waals surface area contributed by atoms with Gasteiger partial charge in [0.2, 0.25) is 0 Å². The number of hydrogen-bond acceptors (Lipinski definition) is 3. The lowest BCUT2D eigenvalue weighted by atomic mass is 10.2. The molecule has 0 heterocycles. The number of hydrogen-bond donors (Lipinski definition) is 0. The normalized spacial score (nSPS) is 9.74. The van der Waals surface area contributed by atoms with Gasteiger partial charge in [-0.05, 0) is 24.3 Å². The summed E-state index contributed by atoms with van der Waals surface area (Å²) in [6.45, 7) is 1.36. The Bertz CT molecular complexity index is 581. The lowest BCUT2D eigenvalue weighted by molar-refractivity contribution is 0.0993. The first-order valence-corrected chi connectivity index (χ1v) is 5.69. The summed E-state index contributed by atoms with van der Waals surface area (Å²) in [6.07, 6.45) is 0. The molecule has 0 unspecified atom stereocenters. The van der Waals surface area contributed by atoms with Crippen molar-refractivity contribution in [1.82, 2.24) is 0 Å². The van der Waals surface area contributed by atoms with E-state index in [-0.39, 0.29) is 5.91 Å². The average molecular weight is 254 g/mol. The third-order valence-electron chi connectivity index (χ3n) is 2.69. The van der Waals surface area contributed by atoms with Crippen molar-refractivity contribution in [3.8, 4) is 5.75 Å². The van der Waals surface area contributed by atoms with Crippen molar-refractivity contribution in [2.75, 3.05) is 11.9 Å². The second kappa shape index (κ2) is 5.82. The quantitative estimate of drug-likeness (QED) is 0.841. The summed E-state index contributed by atoms with van der Waals surface area (Å²) in [5.74, 6) is 0.216. The van der Waals surface area contributed by atoms with Crippen LogP contribution in [-0.2, 0) is 4.79 Å². The molecule has 0 saturated heterocycles. The van der Waals surface area contributed by atoms with Crippen molar-refractivity contribution < 1.29 is 14.3 Å². The van der Waals surface area contributed by atoms with E-state index in [1.165, 1.54) is 11.4 Å². The number of benzene rings is 2. The number of anilines is 1. The summed E-state index contributed by atoms with van der Waals surface area (Å²) < 4.78 is 4.64. The maximum absolute atomic E-state index is 12.2. The molecule has 4 nitrogen and oxygen atoms in total. The van der Waals surface area contributed by atoms with Crippen molar-refractivity contribution in [1.29, 1.82) is 0 Å². The molecular weight excluding hydrogens is 242 g/mol. The smallest absolute Gasteiger partial charge is 0.418 e. The molecule has 0 N–H and O–H groups in total. The van der Waals surface area contributed by atoms with E-state index in [1.807, 2.05) is 18.2 Å².